The molecule has 0 aliphatic heterocycles. The highest BCUT2D eigenvalue weighted by atomic mass is 32.3. The third kappa shape index (κ3) is 6.27. The smallest absolute Gasteiger partial charge is 0.405 e. The van der Waals surface area contributed by atoms with E-state index in [-0.39, 0.29) is 12.2 Å². The lowest BCUT2D eigenvalue weighted by atomic mass is 10.1. The van der Waals surface area contributed by atoms with E-state index in [0.29, 0.717) is 0 Å². The van der Waals surface area contributed by atoms with Gasteiger partial charge in [-0.3, -0.25) is 0 Å². The molecule has 0 aromatic carbocycles. The second kappa shape index (κ2) is 7.02. The van der Waals surface area contributed by atoms with E-state index in [1.54, 1.807) is 0 Å². The number of rotatable bonds is 6. The number of hydrogen-bond donors (Lipinski definition) is 2. The summed E-state index contributed by atoms with van der Waals surface area (Å²) in [6.07, 6.45) is 0.145. The molecule has 1 unspecified atom stereocenters. The van der Waals surface area contributed by atoms with E-state index in [4.69, 9.17) is 6.26 Å². The maximum atomic E-state index is 13.0. The Labute approximate surface area is 125 Å². The molecule has 0 aliphatic carbocycles. The number of ether oxygens (including phenoxy) is 1. The summed E-state index contributed by atoms with van der Waals surface area (Å²) in [6, 6.07) is -2.18. The Morgan fingerprint density at radius 1 is 1.43 bits per heavy atom. The van der Waals surface area contributed by atoms with Gasteiger partial charge in [-0.15, -0.1) is 0 Å². The first-order chi connectivity index (χ1) is 9.22. The summed E-state index contributed by atoms with van der Waals surface area (Å²) < 4.78 is 54.8. The molecule has 2 atom stereocenters. The van der Waals surface area contributed by atoms with Gasteiger partial charge in [-0.1, -0.05) is 17.1 Å². The number of alkyl halides is 3. The summed E-state index contributed by atoms with van der Waals surface area (Å²) in [7, 11) is -3.23. The quantitative estimate of drug-likeness (QED) is 0.576. The first kappa shape index (κ1) is 20.3. The van der Waals surface area contributed by atoms with Crippen LogP contribution in [0.1, 0.15) is 34.1 Å². The number of carbonyl (C=O) groups excluding carboxylic acids is 1. The number of halogens is 3. The molecule has 2 N–H and O–H groups in total. The Balaban J connectivity index is 5.10. The topological polar surface area (TPSA) is 58.6 Å². The predicted molar refractivity (Wildman–Crippen MR) is 77.6 cm³/mol. The molecular weight excluding hydrogens is 307 g/mol. The molecule has 0 amide bonds. The fourth-order valence-corrected chi connectivity index (χ4v) is 2.19. The van der Waals surface area contributed by atoms with E-state index in [1.807, 2.05) is 4.72 Å². The van der Waals surface area contributed by atoms with Gasteiger partial charge in [0.05, 0.1) is 12.9 Å². The summed E-state index contributed by atoms with van der Waals surface area (Å²) in [6.45, 7) is 9.41. The van der Waals surface area contributed by atoms with Crippen LogP contribution < -0.4 is 4.72 Å². The van der Waals surface area contributed by atoms with E-state index in [9.17, 15) is 22.5 Å². The van der Waals surface area contributed by atoms with Crippen molar-refractivity contribution < 1.29 is 27.3 Å². The average molecular weight is 329 g/mol. The maximum Gasteiger partial charge on any atom is 0.405 e. The average Bonchev–Trinajstić information content (AvgIpc) is 2.25. The molecule has 2 radical (unpaired) electrons. The SMILES string of the molecule is [CH]S(O)(N[C@@H](CC(=C)C(=O)OCC)C(F)(F)F)C(C)(C)C. The van der Waals surface area contributed by atoms with Crippen molar-refractivity contribution in [2.75, 3.05) is 6.61 Å². The third-order valence-electron chi connectivity index (χ3n) is 2.67. The highest BCUT2D eigenvalue weighted by molar-refractivity contribution is 8.29. The minimum atomic E-state index is -4.69. The lowest BCUT2D eigenvalue weighted by Gasteiger charge is -2.45. The van der Waals surface area contributed by atoms with Gasteiger partial charge >= 0.3 is 12.1 Å². The second-order valence-corrected chi connectivity index (χ2v) is 8.19. The highest BCUT2D eigenvalue weighted by Crippen LogP contribution is 2.52. The molecule has 0 aliphatic rings. The van der Waals surface area contributed by atoms with Crippen LogP contribution in [0.4, 0.5) is 13.2 Å². The standard InChI is InChI=1S/C13H22F3NO3S/c1-7-20-11(18)9(2)8-10(13(14,15)16)17-21(6,19)12(3,4)5/h6,10,17,19H,2,7-8H2,1,3-5H3/t10-/m0/s1. The molecule has 0 saturated heterocycles. The zero-order chi connectivity index (χ0) is 17.1. The summed E-state index contributed by atoms with van der Waals surface area (Å²) >= 11 is 0. The van der Waals surface area contributed by atoms with Gasteiger partial charge in [0.25, 0.3) is 0 Å². The monoisotopic (exact) mass is 329 g/mol. The minimum absolute atomic E-state index is 0.0377. The third-order valence-corrected chi connectivity index (χ3v) is 5.18. The minimum Gasteiger partial charge on any atom is -0.463 e. The van der Waals surface area contributed by atoms with Gasteiger partial charge in [0.1, 0.15) is 6.04 Å². The first-order valence-electron chi connectivity index (χ1n) is 6.24. The first-order valence-corrected chi connectivity index (χ1v) is 7.89. The van der Waals surface area contributed by atoms with Crippen LogP contribution in [0.15, 0.2) is 12.2 Å². The van der Waals surface area contributed by atoms with Crippen LogP contribution in [0.25, 0.3) is 0 Å². The normalized spacial score (nSPS) is 18.5. The van der Waals surface area contributed by atoms with Crippen LogP contribution in [0.2, 0.25) is 0 Å². The van der Waals surface area contributed by atoms with Crippen molar-refractivity contribution in [3.8, 4) is 0 Å². The van der Waals surface area contributed by atoms with Crippen molar-refractivity contribution in [3.05, 3.63) is 18.4 Å². The number of nitrogens with one attached hydrogen (secondary N) is 1. The Morgan fingerprint density at radius 2 is 1.90 bits per heavy atom. The van der Waals surface area contributed by atoms with Crippen molar-refractivity contribution >= 4 is 16.5 Å². The van der Waals surface area contributed by atoms with Crippen molar-refractivity contribution in [1.82, 2.24) is 4.72 Å². The molecule has 21 heavy (non-hydrogen) atoms. The lowest BCUT2D eigenvalue weighted by Crippen LogP contribution is -2.47. The zero-order valence-electron chi connectivity index (χ0n) is 12.6. The van der Waals surface area contributed by atoms with Gasteiger partial charge in [-0.25, -0.2) is 9.52 Å². The van der Waals surface area contributed by atoms with Crippen LogP contribution >= 0.6 is 10.5 Å². The van der Waals surface area contributed by atoms with Gasteiger partial charge in [-0.2, -0.15) is 13.2 Å². The molecule has 4 nitrogen and oxygen atoms in total. The Kier molecular flexibility index (Phi) is 6.78. The molecule has 0 bridgehead atoms. The lowest BCUT2D eigenvalue weighted by molar-refractivity contribution is -0.152. The molecular formula is C13H22F3NO3S. The van der Waals surface area contributed by atoms with Crippen molar-refractivity contribution in [3.63, 3.8) is 0 Å². The zero-order valence-corrected chi connectivity index (χ0v) is 13.4. The molecule has 0 fully saturated rings. The van der Waals surface area contributed by atoms with Gasteiger partial charge < -0.3 is 9.29 Å². The van der Waals surface area contributed by atoms with Gasteiger partial charge in [0, 0.05) is 16.7 Å². The molecule has 0 spiro atoms. The fourth-order valence-electron chi connectivity index (χ4n) is 1.18. The van der Waals surface area contributed by atoms with Gasteiger partial charge in [-0.05, 0) is 27.7 Å². The molecule has 0 saturated carbocycles. The van der Waals surface area contributed by atoms with E-state index < -0.39 is 39.9 Å². The van der Waals surface area contributed by atoms with Crippen LogP contribution in [0.3, 0.4) is 0 Å². The number of hydrogen-bond acceptors (Lipinski definition) is 4. The fraction of sp³-hybridized carbons (Fsp3) is 0.692. The largest absolute Gasteiger partial charge is 0.463 e. The number of carbonyl (C=O) groups is 1. The van der Waals surface area contributed by atoms with Crippen molar-refractivity contribution in [2.45, 2.75) is 51.1 Å². The van der Waals surface area contributed by atoms with E-state index >= 15 is 0 Å². The second-order valence-electron chi connectivity index (χ2n) is 5.48. The Hall–Kier alpha value is -0.730. The molecule has 0 rings (SSSR count). The summed E-state index contributed by atoms with van der Waals surface area (Å²) in [5.41, 5.74) is -0.337. The molecule has 124 valence electrons. The molecule has 0 aromatic rings. The van der Waals surface area contributed by atoms with E-state index in [1.165, 1.54) is 27.7 Å². The van der Waals surface area contributed by atoms with Crippen LogP contribution in [0.5, 0.6) is 0 Å². The van der Waals surface area contributed by atoms with E-state index in [2.05, 4.69) is 11.3 Å². The van der Waals surface area contributed by atoms with Crippen LogP contribution in [-0.4, -0.2) is 34.1 Å². The Morgan fingerprint density at radius 3 is 2.24 bits per heavy atom. The summed E-state index contributed by atoms with van der Waals surface area (Å²) in [5, 5.41) is 0. The van der Waals surface area contributed by atoms with Crippen molar-refractivity contribution in [1.29, 1.82) is 0 Å². The number of esters is 1. The molecule has 8 heteroatoms. The predicted octanol–water partition coefficient (Wildman–Crippen LogP) is 3.68. The maximum absolute atomic E-state index is 13.0. The molecule has 0 aromatic heterocycles. The summed E-state index contributed by atoms with van der Waals surface area (Å²) in [5.74, 6) is -0.903. The highest BCUT2D eigenvalue weighted by Gasteiger charge is 2.45. The van der Waals surface area contributed by atoms with Crippen LogP contribution in [0, 0.1) is 6.26 Å². The van der Waals surface area contributed by atoms with Gasteiger partial charge in [0.15, 0.2) is 0 Å². The van der Waals surface area contributed by atoms with Gasteiger partial charge in [0.2, 0.25) is 0 Å². The van der Waals surface area contributed by atoms with Crippen LogP contribution in [-0.2, 0) is 9.53 Å². The Bertz CT molecular complexity index is 389. The van der Waals surface area contributed by atoms with Crippen molar-refractivity contribution in [2.24, 2.45) is 0 Å². The van der Waals surface area contributed by atoms with E-state index in [0.717, 1.165) is 0 Å². The molecule has 0 heterocycles. The summed E-state index contributed by atoms with van der Waals surface area (Å²) in [4.78, 5) is 11.4.